The SMILES string of the molecule is CC(C(=O)O)N1CSCSC1. The second-order valence-electron chi connectivity index (χ2n) is 2.39. The normalized spacial score (nSPS) is 23.0. The van der Waals surface area contributed by atoms with Crippen LogP contribution in [0.15, 0.2) is 0 Å². The molecule has 5 heteroatoms. The highest BCUT2D eigenvalue weighted by molar-refractivity contribution is 8.16. The van der Waals surface area contributed by atoms with Crippen LogP contribution in [0, 0.1) is 0 Å². The lowest BCUT2D eigenvalue weighted by atomic mass is 10.3. The van der Waals surface area contributed by atoms with Crippen LogP contribution in [-0.4, -0.2) is 38.9 Å². The van der Waals surface area contributed by atoms with Gasteiger partial charge in [-0.05, 0) is 6.92 Å². The third-order valence-corrected chi connectivity index (χ3v) is 3.95. The molecule has 11 heavy (non-hydrogen) atoms. The van der Waals surface area contributed by atoms with Gasteiger partial charge in [0.25, 0.3) is 0 Å². The van der Waals surface area contributed by atoms with E-state index in [-0.39, 0.29) is 6.04 Å². The van der Waals surface area contributed by atoms with Gasteiger partial charge in [-0.15, -0.1) is 23.5 Å². The van der Waals surface area contributed by atoms with Crippen LogP contribution in [0.5, 0.6) is 0 Å². The zero-order valence-corrected chi connectivity index (χ0v) is 7.95. The van der Waals surface area contributed by atoms with Crippen molar-refractivity contribution in [2.75, 3.05) is 16.8 Å². The van der Waals surface area contributed by atoms with Crippen LogP contribution in [0.1, 0.15) is 6.92 Å². The summed E-state index contributed by atoms with van der Waals surface area (Å²) in [5.41, 5.74) is 0. The second-order valence-corrected chi connectivity index (χ2v) is 4.66. The molecule has 1 saturated heterocycles. The van der Waals surface area contributed by atoms with Crippen molar-refractivity contribution in [3.8, 4) is 0 Å². The van der Waals surface area contributed by atoms with Crippen LogP contribution in [0.3, 0.4) is 0 Å². The molecule has 1 N–H and O–H groups in total. The minimum Gasteiger partial charge on any atom is -0.480 e. The first kappa shape index (κ1) is 9.22. The van der Waals surface area contributed by atoms with E-state index in [1.807, 2.05) is 4.90 Å². The number of thioether (sulfide) groups is 2. The summed E-state index contributed by atoms with van der Waals surface area (Å²) in [6.07, 6.45) is 0. The van der Waals surface area contributed by atoms with Crippen LogP contribution < -0.4 is 0 Å². The Kier molecular flexibility index (Phi) is 3.54. The summed E-state index contributed by atoms with van der Waals surface area (Å²) in [5, 5.41) is 9.76. The van der Waals surface area contributed by atoms with Crippen molar-refractivity contribution in [2.45, 2.75) is 13.0 Å². The van der Waals surface area contributed by atoms with E-state index in [9.17, 15) is 4.79 Å². The Bertz CT molecular complexity index is 148. The number of hydrogen-bond acceptors (Lipinski definition) is 4. The number of rotatable bonds is 2. The van der Waals surface area contributed by atoms with Gasteiger partial charge in [-0.1, -0.05) is 0 Å². The Balaban J connectivity index is 2.38. The molecule has 0 amide bonds. The zero-order chi connectivity index (χ0) is 8.27. The summed E-state index contributed by atoms with van der Waals surface area (Å²) < 4.78 is 0. The summed E-state index contributed by atoms with van der Waals surface area (Å²) in [4.78, 5) is 12.5. The van der Waals surface area contributed by atoms with Gasteiger partial charge in [0, 0.05) is 16.8 Å². The van der Waals surface area contributed by atoms with Crippen molar-refractivity contribution in [2.24, 2.45) is 0 Å². The van der Waals surface area contributed by atoms with E-state index >= 15 is 0 Å². The summed E-state index contributed by atoms with van der Waals surface area (Å²) in [6.45, 7) is 1.73. The van der Waals surface area contributed by atoms with Crippen LogP contribution in [0.4, 0.5) is 0 Å². The zero-order valence-electron chi connectivity index (χ0n) is 6.32. The third-order valence-electron chi connectivity index (χ3n) is 1.59. The molecule has 0 aliphatic carbocycles. The molecule has 0 bridgehead atoms. The lowest BCUT2D eigenvalue weighted by Gasteiger charge is -2.28. The van der Waals surface area contributed by atoms with Crippen molar-refractivity contribution in [1.29, 1.82) is 0 Å². The van der Waals surface area contributed by atoms with Gasteiger partial charge in [0.1, 0.15) is 6.04 Å². The predicted molar refractivity (Wildman–Crippen MR) is 48.7 cm³/mol. The fourth-order valence-electron chi connectivity index (χ4n) is 0.785. The highest BCUT2D eigenvalue weighted by Crippen LogP contribution is 2.23. The topological polar surface area (TPSA) is 40.5 Å². The van der Waals surface area contributed by atoms with Crippen molar-refractivity contribution in [3.63, 3.8) is 0 Å². The number of carbonyl (C=O) groups is 1. The van der Waals surface area contributed by atoms with Gasteiger partial charge in [0.2, 0.25) is 0 Å². The highest BCUT2D eigenvalue weighted by atomic mass is 32.2. The van der Waals surface area contributed by atoms with Gasteiger partial charge in [-0.2, -0.15) is 0 Å². The molecule has 0 radical (unpaired) electrons. The first-order valence-electron chi connectivity index (χ1n) is 3.34. The maximum Gasteiger partial charge on any atom is 0.320 e. The molecule has 1 heterocycles. The average Bonchev–Trinajstić information content (AvgIpc) is 2.05. The molecule has 0 aromatic rings. The first-order chi connectivity index (χ1) is 5.22. The van der Waals surface area contributed by atoms with E-state index in [4.69, 9.17) is 5.11 Å². The quantitative estimate of drug-likeness (QED) is 0.711. The minimum atomic E-state index is -0.729. The molecule has 1 rings (SSSR count). The van der Waals surface area contributed by atoms with Gasteiger partial charge in [0.05, 0.1) is 0 Å². The fraction of sp³-hybridized carbons (Fsp3) is 0.833. The number of hydrogen-bond donors (Lipinski definition) is 1. The van der Waals surface area contributed by atoms with E-state index in [0.29, 0.717) is 0 Å². The van der Waals surface area contributed by atoms with Crippen LogP contribution in [0.2, 0.25) is 0 Å². The van der Waals surface area contributed by atoms with Crippen LogP contribution >= 0.6 is 23.5 Å². The second kappa shape index (κ2) is 4.23. The summed E-state index contributed by atoms with van der Waals surface area (Å²) >= 11 is 3.55. The predicted octanol–water partition coefficient (Wildman–Crippen LogP) is 1.11. The molecule has 1 atom stereocenters. The summed E-state index contributed by atoms with van der Waals surface area (Å²) in [5.74, 6) is 0.967. The fourth-order valence-corrected chi connectivity index (χ4v) is 3.07. The lowest BCUT2D eigenvalue weighted by molar-refractivity contribution is -0.141. The minimum absolute atomic E-state index is 0.338. The van der Waals surface area contributed by atoms with Gasteiger partial charge in [-0.3, -0.25) is 9.69 Å². The average molecular weight is 193 g/mol. The van der Waals surface area contributed by atoms with Crippen molar-refractivity contribution in [1.82, 2.24) is 4.90 Å². The monoisotopic (exact) mass is 193 g/mol. The smallest absolute Gasteiger partial charge is 0.320 e. The molecule has 0 aromatic heterocycles. The Labute approximate surface area is 74.5 Å². The molecule has 1 fully saturated rings. The number of carboxylic acid groups (broad SMARTS) is 1. The Morgan fingerprint density at radius 3 is 2.55 bits per heavy atom. The largest absolute Gasteiger partial charge is 0.480 e. The molecule has 1 aliphatic rings. The van der Waals surface area contributed by atoms with Crippen LogP contribution in [-0.2, 0) is 4.79 Å². The number of aliphatic carboxylic acids is 1. The standard InChI is InChI=1S/C6H11NO2S2/c1-5(6(8)9)7-2-10-4-11-3-7/h5H,2-4H2,1H3,(H,8,9). The third kappa shape index (κ3) is 2.57. The van der Waals surface area contributed by atoms with Crippen LogP contribution in [0.25, 0.3) is 0 Å². The van der Waals surface area contributed by atoms with Gasteiger partial charge in [0.15, 0.2) is 0 Å². The Hall–Kier alpha value is 0.130. The van der Waals surface area contributed by atoms with E-state index in [1.54, 1.807) is 30.4 Å². The van der Waals surface area contributed by atoms with Gasteiger partial charge < -0.3 is 5.11 Å². The molecule has 0 saturated carbocycles. The van der Waals surface area contributed by atoms with Gasteiger partial charge in [-0.25, -0.2) is 0 Å². The number of nitrogens with zero attached hydrogens (tertiary/aromatic N) is 1. The molecular weight excluding hydrogens is 182 g/mol. The lowest BCUT2D eigenvalue weighted by Crippen LogP contribution is -2.39. The Morgan fingerprint density at radius 1 is 1.55 bits per heavy atom. The maximum atomic E-state index is 10.5. The summed E-state index contributed by atoms with van der Waals surface area (Å²) in [6, 6.07) is -0.338. The van der Waals surface area contributed by atoms with Gasteiger partial charge >= 0.3 is 5.97 Å². The number of carboxylic acids is 1. The Morgan fingerprint density at radius 2 is 2.09 bits per heavy atom. The molecule has 0 spiro atoms. The van der Waals surface area contributed by atoms with Crippen molar-refractivity contribution >= 4 is 29.5 Å². The van der Waals surface area contributed by atoms with E-state index in [1.165, 1.54) is 0 Å². The van der Waals surface area contributed by atoms with E-state index in [0.717, 1.165) is 16.8 Å². The molecule has 0 aromatic carbocycles. The molecule has 3 nitrogen and oxygen atoms in total. The summed E-state index contributed by atoms with van der Waals surface area (Å²) in [7, 11) is 0. The molecular formula is C6H11NO2S2. The van der Waals surface area contributed by atoms with Crippen molar-refractivity contribution < 1.29 is 9.90 Å². The van der Waals surface area contributed by atoms with Crippen molar-refractivity contribution in [3.05, 3.63) is 0 Å². The maximum absolute atomic E-state index is 10.5. The van der Waals surface area contributed by atoms with E-state index in [2.05, 4.69) is 0 Å². The first-order valence-corrected chi connectivity index (χ1v) is 5.65. The molecule has 1 unspecified atom stereocenters. The van der Waals surface area contributed by atoms with E-state index < -0.39 is 5.97 Å². The highest BCUT2D eigenvalue weighted by Gasteiger charge is 2.22. The molecule has 1 aliphatic heterocycles. The molecule has 64 valence electrons.